The summed E-state index contributed by atoms with van der Waals surface area (Å²) in [6, 6.07) is 5.91. The van der Waals surface area contributed by atoms with Gasteiger partial charge in [0, 0.05) is 6.04 Å². The minimum absolute atomic E-state index is 0.235. The largest absolute Gasteiger partial charge is 0.508 e. The Morgan fingerprint density at radius 3 is 2.47 bits per heavy atom. The molecule has 0 radical (unpaired) electrons. The monoisotopic (exact) mass is 207 g/mol. The van der Waals surface area contributed by atoms with E-state index in [1.165, 1.54) is 0 Å². The van der Waals surface area contributed by atoms with Crippen LogP contribution in [-0.2, 0) is 0 Å². The first-order valence-corrected chi connectivity index (χ1v) is 5.56. The summed E-state index contributed by atoms with van der Waals surface area (Å²) in [5, 5.41) is 9.80. The highest BCUT2D eigenvalue weighted by molar-refractivity contribution is 5.40. The molecule has 0 saturated heterocycles. The highest BCUT2D eigenvalue weighted by Crippen LogP contribution is 2.31. The molecule has 0 amide bonds. The van der Waals surface area contributed by atoms with E-state index in [1.54, 1.807) is 6.07 Å². The first kappa shape index (κ1) is 12.1. The van der Waals surface area contributed by atoms with Crippen molar-refractivity contribution in [2.75, 3.05) is 0 Å². The summed E-state index contributed by atoms with van der Waals surface area (Å²) < 4.78 is 0. The van der Waals surface area contributed by atoms with Gasteiger partial charge < -0.3 is 10.8 Å². The van der Waals surface area contributed by atoms with Gasteiger partial charge in [-0.1, -0.05) is 19.1 Å². The Hall–Kier alpha value is -1.02. The van der Waals surface area contributed by atoms with Gasteiger partial charge in [-0.3, -0.25) is 0 Å². The molecule has 0 aliphatic carbocycles. The lowest BCUT2D eigenvalue weighted by atomic mass is 9.90. The van der Waals surface area contributed by atoms with Crippen LogP contribution in [0.3, 0.4) is 0 Å². The Morgan fingerprint density at radius 2 is 1.93 bits per heavy atom. The molecule has 0 saturated carbocycles. The van der Waals surface area contributed by atoms with E-state index in [4.69, 9.17) is 5.73 Å². The van der Waals surface area contributed by atoms with Crippen LogP contribution < -0.4 is 5.73 Å². The SMILES string of the molecule is Cc1cccc(O)c1C(C)CCC(C)N. The van der Waals surface area contributed by atoms with Gasteiger partial charge in [-0.15, -0.1) is 0 Å². The lowest BCUT2D eigenvalue weighted by Gasteiger charge is -2.17. The van der Waals surface area contributed by atoms with Crippen LogP contribution >= 0.6 is 0 Å². The van der Waals surface area contributed by atoms with Crippen LogP contribution in [-0.4, -0.2) is 11.1 Å². The molecular formula is C13H21NO. The van der Waals surface area contributed by atoms with E-state index < -0.39 is 0 Å². The number of aromatic hydroxyl groups is 1. The quantitative estimate of drug-likeness (QED) is 0.797. The van der Waals surface area contributed by atoms with Crippen LogP contribution in [0, 0.1) is 6.92 Å². The molecule has 84 valence electrons. The number of phenolic OH excluding ortho intramolecular Hbond substituents is 1. The fourth-order valence-corrected chi connectivity index (χ4v) is 1.96. The van der Waals surface area contributed by atoms with E-state index in [2.05, 4.69) is 6.92 Å². The van der Waals surface area contributed by atoms with Crippen molar-refractivity contribution in [3.05, 3.63) is 29.3 Å². The molecule has 2 unspecified atom stereocenters. The average Bonchev–Trinajstić information content (AvgIpc) is 2.14. The fourth-order valence-electron chi connectivity index (χ4n) is 1.96. The number of phenols is 1. The van der Waals surface area contributed by atoms with Crippen LogP contribution in [0.2, 0.25) is 0 Å². The van der Waals surface area contributed by atoms with E-state index in [-0.39, 0.29) is 6.04 Å². The summed E-state index contributed by atoms with van der Waals surface area (Å²) in [7, 11) is 0. The van der Waals surface area contributed by atoms with Crippen molar-refractivity contribution >= 4 is 0 Å². The smallest absolute Gasteiger partial charge is 0.119 e. The molecule has 0 aromatic heterocycles. The average molecular weight is 207 g/mol. The summed E-state index contributed by atoms with van der Waals surface area (Å²) in [6.07, 6.45) is 2.02. The molecule has 1 aromatic carbocycles. The molecule has 0 heterocycles. The summed E-state index contributed by atoms with van der Waals surface area (Å²) in [4.78, 5) is 0. The van der Waals surface area contributed by atoms with Crippen molar-refractivity contribution in [2.45, 2.75) is 45.6 Å². The van der Waals surface area contributed by atoms with Gasteiger partial charge in [-0.05, 0) is 49.8 Å². The van der Waals surface area contributed by atoms with Crippen molar-refractivity contribution in [3.63, 3.8) is 0 Å². The van der Waals surface area contributed by atoms with Crippen LogP contribution in [0.15, 0.2) is 18.2 Å². The number of hydrogen-bond acceptors (Lipinski definition) is 2. The Morgan fingerprint density at radius 1 is 1.27 bits per heavy atom. The summed E-state index contributed by atoms with van der Waals surface area (Å²) in [5.74, 6) is 0.782. The summed E-state index contributed by atoms with van der Waals surface area (Å²) in [6.45, 7) is 6.20. The van der Waals surface area contributed by atoms with Crippen molar-refractivity contribution < 1.29 is 5.11 Å². The van der Waals surface area contributed by atoms with Crippen molar-refractivity contribution in [1.29, 1.82) is 0 Å². The maximum atomic E-state index is 9.80. The van der Waals surface area contributed by atoms with Gasteiger partial charge in [0.15, 0.2) is 0 Å². The second-order valence-corrected chi connectivity index (χ2v) is 4.46. The zero-order valence-corrected chi connectivity index (χ0v) is 9.83. The minimum atomic E-state index is 0.235. The fraction of sp³-hybridized carbons (Fsp3) is 0.538. The molecule has 15 heavy (non-hydrogen) atoms. The summed E-state index contributed by atoms with van der Waals surface area (Å²) in [5.41, 5.74) is 7.96. The zero-order chi connectivity index (χ0) is 11.4. The van der Waals surface area contributed by atoms with Crippen LogP contribution in [0.4, 0.5) is 0 Å². The van der Waals surface area contributed by atoms with Gasteiger partial charge >= 0.3 is 0 Å². The standard InChI is InChI=1S/C13H21NO/c1-9-5-4-6-12(15)13(9)10(2)7-8-11(3)14/h4-6,10-11,15H,7-8,14H2,1-3H3. The van der Waals surface area contributed by atoms with Crippen LogP contribution in [0.25, 0.3) is 0 Å². The molecule has 2 atom stereocenters. The molecule has 0 aliphatic rings. The number of aryl methyl sites for hydroxylation is 1. The zero-order valence-electron chi connectivity index (χ0n) is 9.83. The highest BCUT2D eigenvalue weighted by Gasteiger charge is 2.13. The Kier molecular flexibility index (Phi) is 4.15. The second kappa shape index (κ2) is 5.17. The minimum Gasteiger partial charge on any atom is -0.508 e. The summed E-state index contributed by atoms with van der Waals surface area (Å²) >= 11 is 0. The van der Waals surface area contributed by atoms with Gasteiger partial charge in [0.25, 0.3) is 0 Å². The Labute approximate surface area is 92.1 Å². The molecule has 0 fully saturated rings. The third kappa shape index (κ3) is 3.24. The van der Waals surface area contributed by atoms with Crippen LogP contribution in [0.1, 0.15) is 43.7 Å². The highest BCUT2D eigenvalue weighted by atomic mass is 16.3. The maximum Gasteiger partial charge on any atom is 0.119 e. The van der Waals surface area contributed by atoms with Gasteiger partial charge in [-0.25, -0.2) is 0 Å². The van der Waals surface area contributed by atoms with Crippen molar-refractivity contribution in [3.8, 4) is 5.75 Å². The van der Waals surface area contributed by atoms with E-state index in [9.17, 15) is 5.11 Å². The van der Waals surface area contributed by atoms with E-state index >= 15 is 0 Å². The lowest BCUT2D eigenvalue weighted by Crippen LogP contribution is -2.15. The van der Waals surface area contributed by atoms with Gasteiger partial charge in [0.2, 0.25) is 0 Å². The first-order chi connectivity index (χ1) is 7.02. The number of hydrogen-bond donors (Lipinski definition) is 2. The molecule has 2 nitrogen and oxygen atoms in total. The van der Waals surface area contributed by atoms with Crippen molar-refractivity contribution in [2.24, 2.45) is 5.73 Å². The normalized spacial score (nSPS) is 14.9. The molecule has 0 aliphatic heterocycles. The molecule has 1 rings (SSSR count). The van der Waals surface area contributed by atoms with E-state index in [1.807, 2.05) is 26.0 Å². The Bertz CT molecular complexity index is 300. The number of rotatable bonds is 4. The third-order valence-electron chi connectivity index (χ3n) is 2.85. The van der Waals surface area contributed by atoms with Crippen LogP contribution in [0.5, 0.6) is 5.75 Å². The number of benzene rings is 1. The Balaban J connectivity index is 2.77. The van der Waals surface area contributed by atoms with Gasteiger partial charge in [-0.2, -0.15) is 0 Å². The lowest BCUT2D eigenvalue weighted by molar-refractivity contribution is 0.455. The molecular weight excluding hydrogens is 186 g/mol. The molecule has 0 spiro atoms. The predicted octanol–water partition coefficient (Wildman–Crippen LogP) is 2.93. The second-order valence-electron chi connectivity index (χ2n) is 4.46. The van der Waals surface area contributed by atoms with Gasteiger partial charge in [0.1, 0.15) is 5.75 Å². The first-order valence-electron chi connectivity index (χ1n) is 5.56. The predicted molar refractivity (Wildman–Crippen MR) is 64.1 cm³/mol. The molecule has 0 bridgehead atoms. The molecule has 2 heteroatoms. The maximum absolute atomic E-state index is 9.80. The topological polar surface area (TPSA) is 46.2 Å². The third-order valence-corrected chi connectivity index (χ3v) is 2.85. The van der Waals surface area contributed by atoms with Crippen molar-refractivity contribution in [1.82, 2.24) is 0 Å². The van der Waals surface area contributed by atoms with E-state index in [0.717, 1.165) is 24.0 Å². The number of nitrogens with two attached hydrogens (primary N) is 1. The van der Waals surface area contributed by atoms with E-state index in [0.29, 0.717) is 11.7 Å². The molecule has 1 aromatic rings. The molecule has 3 N–H and O–H groups in total. The van der Waals surface area contributed by atoms with Gasteiger partial charge in [0.05, 0.1) is 0 Å².